The zero-order chi connectivity index (χ0) is 13.6. The molecule has 1 aromatic heterocycles. The molecule has 0 fully saturated rings. The molecule has 0 bridgehead atoms. The fraction of sp³-hybridized carbons (Fsp3) is 0.133. The SMILES string of the molecule is Cc1ccc2nc(-c3ccc(Cl)cc3Br)oc2c1C. The van der Waals surface area contributed by atoms with E-state index in [2.05, 4.69) is 33.9 Å². The summed E-state index contributed by atoms with van der Waals surface area (Å²) >= 11 is 9.44. The van der Waals surface area contributed by atoms with E-state index < -0.39 is 0 Å². The lowest BCUT2D eigenvalue weighted by atomic mass is 10.1. The van der Waals surface area contributed by atoms with E-state index in [0.717, 1.165) is 26.7 Å². The summed E-state index contributed by atoms with van der Waals surface area (Å²) in [4.78, 5) is 4.54. The molecule has 4 heteroatoms. The largest absolute Gasteiger partial charge is 0.436 e. The van der Waals surface area contributed by atoms with Crippen molar-refractivity contribution in [1.82, 2.24) is 4.98 Å². The van der Waals surface area contributed by atoms with Gasteiger partial charge in [0, 0.05) is 9.50 Å². The van der Waals surface area contributed by atoms with Crippen molar-refractivity contribution in [3.05, 3.63) is 51.0 Å². The summed E-state index contributed by atoms with van der Waals surface area (Å²) in [6.45, 7) is 4.11. The van der Waals surface area contributed by atoms with Crippen LogP contribution in [0.3, 0.4) is 0 Å². The van der Waals surface area contributed by atoms with Crippen molar-refractivity contribution in [2.24, 2.45) is 0 Å². The second-order valence-electron chi connectivity index (χ2n) is 4.50. The highest BCUT2D eigenvalue weighted by Gasteiger charge is 2.13. The second-order valence-corrected chi connectivity index (χ2v) is 5.79. The van der Waals surface area contributed by atoms with Crippen LogP contribution in [0.5, 0.6) is 0 Å². The summed E-state index contributed by atoms with van der Waals surface area (Å²) in [5, 5.41) is 0.679. The molecule has 0 saturated carbocycles. The Hall–Kier alpha value is -1.32. The van der Waals surface area contributed by atoms with Gasteiger partial charge < -0.3 is 4.42 Å². The number of rotatable bonds is 1. The second kappa shape index (κ2) is 4.66. The van der Waals surface area contributed by atoms with Gasteiger partial charge in [-0.1, -0.05) is 17.7 Å². The van der Waals surface area contributed by atoms with Gasteiger partial charge in [-0.15, -0.1) is 0 Å². The first-order chi connectivity index (χ1) is 9.06. The smallest absolute Gasteiger partial charge is 0.228 e. The Morgan fingerprint density at radius 3 is 2.68 bits per heavy atom. The predicted octanol–water partition coefficient (Wildman–Crippen LogP) is 5.53. The van der Waals surface area contributed by atoms with Crippen molar-refractivity contribution >= 4 is 38.6 Å². The molecule has 1 heterocycles. The quantitative estimate of drug-likeness (QED) is 0.584. The highest BCUT2D eigenvalue weighted by atomic mass is 79.9. The number of benzene rings is 2. The third-order valence-corrected chi connectivity index (χ3v) is 4.13. The number of hydrogen-bond acceptors (Lipinski definition) is 2. The molecular formula is C15H11BrClNO. The van der Waals surface area contributed by atoms with Crippen molar-refractivity contribution in [3.63, 3.8) is 0 Å². The maximum absolute atomic E-state index is 5.95. The Labute approximate surface area is 124 Å². The molecular weight excluding hydrogens is 326 g/mol. The molecule has 0 aliphatic rings. The predicted molar refractivity (Wildman–Crippen MR) is 81.6 cm³/mol. The first-order valence-corrected chi connectivity index (χ1v) is 7.05. The minimum absolute atomic E-state index is 0.604. The van der Waals surface area contributed by atoms with Gasteiger partial charge in [0.2, 0.25) is 5.89 Å². The Balaban J connectivity index is 2.23. The lowest BCUT2D eigenvalue weighted by Crippen LogP contribution is -1.80. The van der Waals surface area contributed by atoms with Crippen LogP contribution in [0.25, 0.3) is 22.6 Å². The summed E-state index contributed by atoms with van der Waals surface area (Å²) < 4.78 is 6.78. The minimum Gasteiger partial charge on any atom is -0.436 e. The van der Waals surface area contributed by atoms with Crippen LogP contribution in [0.15, 0.2) is 39.2 Å². The lowest BCUT2D eigenvalue weighted by Gasteiger charge is -2.00. The molecule has 0 amide bonds. The van der Waals surface area contributed by atoms with Crippen LogP contribution >= 0.6 is 27.5 Å². The number of halogens is 2. The van der Waals surface area contributed by atoms with Crippen molar-refractivity contribution in [1.29, 1.82) is 0 Å². The zero-order valence-corrected chi connectivity index (χ0v) is 12.8. The van der Waals surface area contributed by atoms with Crippen molar-refractivity contribution in [2.75, 3.05) is 0 Å². The van der Waals surface area contributed by atoms with Gasteiger partial charge in [0.1, 0.15) is 5.52 Å². The van der Waals surface area contributed by atoms with Crippen LogP contribution in [0.2, 0.25) is 5.02 Å². The Morgan fingerprint density at radius 2 is 1.95 bits per heavy atom. The van der Waals surface area contributed by atoms with Gasteiger partial charge in [0.25, 0.3) is 0 Å². The van der Waals surface area contributed by atoms with Crippen molar-refractivity contribution < 1.29 is 4.42 Å². The first kappa shape index (κ1) is 12.7. The molecule has 3 rings (SSSR count). The molecule has 0 saturated heterocycles. The van der Waals surface area contributed by atoms with E-state index in [-0.39, 0.29) is 0 Å². The summed E-state index contributed by atoms with van der Waals surface area (Å²) in [5.41, 5.74) is 4.95. The van der Waals surface area contributed by atoms with Crippen molar-refractivity contribution in [3.8, 4) is 11.5 Å². The topological polar surface area (TPSA) is 26.0 Å². The zero-order valence-electron chi connectivity index (χ0n) is 10.5. The van der Waals surface area contributed by atoms with Gasteiger partial charge in [-0.3, -0.25) is 0 Å². The van der Waals surface area contributed by atoms with E-state index in [1.165, 1.54) is 5.56 Å². The van der Waals surface area contributed by atoms with E-state index in [1.807, 2.05) is 31.2 Å². The number of nitrogens with zero attached hydrogens (tertiary/aromatic N) is 1. The van der Waals surface area contributed by atoms with Crippen LogP contribution in [0.4, 0.5) is 0 Å². The fourth-order valence-electron chi connectivity index (χ4n) is 2.00. The highest BCUT2D eigenvalue weighted by Crippen LogP contribution is 2.33. The van der Waals surface area contributed by atoms with Crippen LogP contribution < -0.4 is 0 Å². The van der Waals surface area contributed by atoms with Crippen LogP contribution in [-0.2, 0) is 0 Å². The molecule has 0 N–H and O–H groups in total. The molecule has 2 aromatic carbocycles. The van der Waals surface area contributed by atoms with E-state index in [0.29, 0.717) is 10.9 Å². The molecule has 96 valence electrons. The van der Waals surface area contributed by atoms with Gasteiger partial charge >= 0.3 is 0 Å². The Kier molecular flexibility index (Phi) is 3.11. The normalized spacial score (nSPS) is 11.2. The monoisotopic (exact) mass is 335 g/mol. The molecule has 0 unspecified atom stereocenters. The van der Waals surface area contributed by atoms with Gasteiger partial charge in [-0.25, -0.2) is 4.98 Å². The molecule has 0 atom stereocenters. The minimum atomic E-state index is 0.604. The van der Waals surface area contributed by atoms with Crippen LogP contribution in [0, 0.1) is 13.8 Å². The summed E-state index contributed by atoms with van der Waals surface area (Å²) in [6, 6.07) is 9.60. The summed E-state index contributed by atoms with van der Waals surface area (Å²) in [7, 11) is 0. The Morgan fingerprint density at radius 1 is 1.16 bits per heavy atom. The van der Waals surface area contributed by atoms with Gasteiger partial charge in [0.15, 0.2) is 5.58 Å². The van der Waals surface area contributed by atoms with Crippen LogP contribution in [0.1, 0.15) is 11.1 Å². The maximum Gasteiger partial charge on any atom is 0.228 e. The average Bonchev–Trinajstić information content (AvgIpc) is 2.78. The van der Waals surface area contributed by atoms with E-state index in [9.17, 15) is 0 Å². The molecule has 0 spiro atoms. The lowest BCUT2D eigenvalue weighted by molar-refractivity contribution is 0.616. The van der Waals surface area contributed by atoms with Gasteiger partial charge in [-0.05, 0) is 65.2 Å². The van der Waals surface area contributed by atoms with E-state index in [1.54, 1.807) is 0 Å². The van der Waals surface area contributed by atoms with Gasteiger partial charge in [-0.2, -0.15) is 0 Å². The summed E-state index contributed by atoms with van der Waals surface area (Å²) in [5.74, 6) is 0.604. The number of oxazole rings is 1. The molecule has 3 aromatic rings. The number of aryl methyl sites for hydroxylation is 2. The first-order valence-electron chi connectivity index (χ1n) is 5.88. The van der Waals surface area contributed by atoms with E-state index in [4.69, 9.17) is 16.0 Å². The number of aromatic nitrogens is 1. The maximum atomic E-state index is 5.95. The van der Waals surface area contributed by atoms with Gasteiger partial charge in [0.05, 0.1) is 5.56 Å². The highest BCUT2D eigenvalue weighted by molar-refractivity contribution is 9.10. The number of fused-ring (bicyclic) bond motifs is 1. The third kappa shape index (κ3) is 2.17. The summed E-state index contributed by atoms with van der Waals surface area (Å²) in [6.07, 6.45) is 0. The molecule has 2 nitrogen and oxygen atoms in total. The molecule has 0 radical (unpaired) electrons. The fourth-order valence-corrected chi connectivity index (χ4v) is 2.85. The average molecular weight is 337 g/mol. The third-order valence-electron chi connectivity index (χ3n) is 3.24. The molecule has 0 aliphatic heterocycles. The van der Waals surface area contributed by atoms with E-state index >= 15 is 0 Å². The molecule has 0 aliphatic carbocycles. The van der Waals surface area contributed by atoms with Crippen LogP contribution in [-0.4, -0.2) is 4.98 Å². The Bertz CT molecular complexity index is 779. The standard InChI is InChI=1S/C15H11BrClNO/c1-8-3-6-13-14(9(8)2)19-15(18-13)11-5-4-10(17)7-12(11)16/h3-7H,1-2H3. The van der Waals surface area contributed by atoms with Crippen molar-refractivity contribution in [2.45, 2.75) is 13.8 Å². The molecule has 19 heavy (non-hydrogen) atoms. The number of hydrogen-bond donors (Lipinski definition) is 0.